The van der Waals surface area contributed by atoms with Crippen LogP contribution in [0.15, 0.2) is 0 Å². The molecular weight excluding hydrogens is 294 g/mol. The normalized spacial score (nSPS) is 22.3. The second-order valence-electron chi connectivity index (χ2n) is 5.44. The van der Waals surface area contributed by atoms with Gasteiger partial charge in [0.25, 0.3) is 0 Å². The minimum absolute atomic E-state index is 0. The number of fused-ring (bicyclic) bond motifs is 1. The van der Waals surface area contributed by atoms with Crippen molar-refractivity contribution >= 4 is 34.8 Å². The van der Waals surface area contributed by atoms with Gasteiger partial charge in [-0.2, -0.15) is 0 Å². The van der Waals surface area contributed by atoms with Gasteiger partial charge in [0.15, 0.2) is 5.13 Å². The third kappa shape index (κ3) is 3.71. The Labute approximate surface area is 130 Å². The molecule has 0 radical (unpaired) electrons. The van der Waals surface area contributed by atoms with Crippen LogP contribution in [0.3, 0.4) is 0 Å². The lowest BCUT2D eigenvalue weighted by Gasteiger charge is -2.08. The van der Waals surface area contributed by atoms with E-state index in [4.69, 9.17) is 0 Å². The van der Waals surface area contributed by atoms with Crippen molar-refractivity contribution < 1.29 is 4.79 Å². The number of hydrogen-bond donors (Lipinski definition) is 2. The van der Waals surface area contributed by atoms with Crippen LogP contribution < -0.4 is 10.6 Å². The van der Waals surface area contributed by atoms with Crippen molar-refractivity contribution in [3.8, 4) is 0 Å². The number of aryl methyl sites for hydroxylation is 2. The van der Waals surface area contributed by atoms with Gasteiger partial charge >= 0.3 is 0 Å². The van der Waals surface area contributed by atoms with Crippen molar-refractivity contribution in [2.24, 2.45) is 0 Å². The fraction of sp³-hybridized carbons (Fsp3) is 0.714. The fourth-order valence-electron chi connectivity index (χ4n) is 2.86. The monoisotopic (exact) mass is 315 g/mol. The molecule has 0 spiro atoms. The Morgan fingerprint density at radius 2 is 2.00 bits per heavy atom. The number of hydrogen-bond acceptors (Lipinski definition) is 4. The molecule has 1 fully saturated rings. The second-order valence-corrected chi connectivity index (χ2v) is 6.52. The van der Waals surface area contributed by atoms with Crippen LogP contribution in [-0.4, -0.2) is 23.5 Å². The Hall–Kier alpha value is -0.650. The molecule has 0 saturated carbocycles. The van der Waals surface area contributed by atoms with E-state index in [2.05, 4.69) is 15.6 Å². The van der Waals surface area contributed by atoms with E-state index in [9.17, 15) is 4.79 Å². The third-order valence-corrected chi connectivity index (χ3v) is 5.03. The molecule has 1 saturated heterocycles. The summed E-state index contributed by atoms with van der Waals surface area (Å²) in [7, 11) is 0. The highest BCUT2D eigenvalue weighted by Crippen LogP contribution is 2.28. The average Bonchev–Trinajstić information content (AvgIpc) is 3.00. The van der Waals surface area contributed by atoms with Crippen LogP contribution in [0.4, 0.5) is 5.13 Å². The molecule has 1 atom stereocenters. The number of thiazole rings is 1. The van der Waals surface area contributed by atoms with Crippen LogP contribution in [0, 0.1) is 0 Å². The fourth-order valence-corrected chi connectivity index (χ4v) is 3.91. The smallest absolute Gasteiger partial charge is 0.243 e. The van der Waals surface area contributed by atoms with Crippen LogP contribution >= 0.6 is 23.7 Å². The molecular formula is C14H22ClN3OS. The van der Waals surface area contributed by atoms with Crippen molar-refractivity contribution in [1.29, 1.82) is 0 Å². The minimum Gasteiger partial charge on any atom is -0.306 e. The molecule has 0 bridgehead atoms. The van der Waals surface area contributed by atoms with Gasteiger partial charge in [-0.1, -0.05) is 12.8 Å². The number of carbonyl (C=O) groups excluding carboxylic acids is 1. The largest absolute Gasteiger partial charge is 0.306 e. The zero-order chi connectivity index (χ0) is 13.1. The lowest BCUT2D eigenvalue weighted by Crippen LogP contribution is -2.35. The Morgan fingerprint density at radius 3 is 2.75 bits per heavy atom. The van der Waals surface area contributed by atoms with E-state index in [1.807, 2.05) is 0 Å². The highest BCUT2D eigenvalue weighted by atomic mass is 35.5. The van der Waals surface area contributed by atoms with Crippen molar-refractivity contribution in [3.05, 3.63) is 10.6 Å². The van der Waals surface area contributed by atoms with E-state index < -0.39 is 0 Å². The number of amides is 1. The van der Waals surface area contributed by atoms with Crippen LogP contribution in [0.1, 0.15) is 49.1 Å². The van der Waals surface area contributed by atoms with Gasteiger partial charge in [-0.15, -0.1) is 23.7 Å². The van der Waals surface area contributed by atoms with Crippen molar-refractivity contribution in [1.82, 2.24) is 10.3 Å². The molecule has 1 amide bonds. The number of rotatable bonds is 2. The molecule has 112 valence electrons. The summed E-state index contributed by atoms with van der Waals surface area (Å²) in [6, 6.07) is -0.0218. The standard InChI is InChI=1S/C14H21N3OS.ClH/c18-13(11-7-5-9-15-11)17-14-16-10-6-3-1-2-4-8-12(10)19-14;/h11,15H,1-9H2,(H,16,17,18);1H. The quantitative estimate of drug-likeness (QED) is 0.882. The first-order chi connectivity index (χ1) is 9.33. The predicted molar refractivity (Wildman–Crippen MR) is 84.9 cm³/mol. The maximum absolute atomic E-state index is 12.1. The van der Waals surface area contributed by atoms with Crippen LogP contribution in [-0.2, 0) is 17.6 Å². The van der Waals surface area contributed by atoms with E-state index >= 15 is 0 Å². The zero-order valence-electron chi connectivity index (χ0n) is 11.6. The summed E-state index contributed by atoms with van der Waals surface area (Å²) in [6.07, 6.45) is 9.36. The summed E-state index contributed by atoms with van der Waals surface area (Å²) < 4.78 is 0. The highest BCUT2D eigenvalue weighted by Gasteiger charge is 2.23. The average molecular weight is 316 g/mol. The molecule has 20 heavy (non-hydrogen) atoms. The molecule has 1 aliphatic carbocycles. The molecule has 4 nitrogen and oxygen atoms in total. The third-order valence-electron chi connectivity index (χ3n) is 3.95. The van der Waals surface area contributed by atoms with Crippen molar-refractivity contribution in [2.45, 2.75) is 57.4 Å². The maximum atomic E-state index is 12.1. The van der Waals surface area contributed by atoms with E-state index in [1.54, 1.807) is 11.3 Å². The Bertz CT molecular complexity index is 432. The van der Waals surface area contributed by atoms with E-state index in [1.165, 1.54) is 36.3 Å². The van der Waals surface area contributed by atoms with Crippen molar-refractivity contribution in [2.75, 3.05) is 11.9 Å². The molecule has 0 aromatic carbocycles. The lowest BCUT2D eigenvalue weighted by atomic mass is 10.0. The number of halogens is 1. The molecule has 3 rings (SSSR count). The molecule has 6 heteroatoms. The van der Waals surface area contributed by atoms with Gasteiger partial charge in [-0.3, -0.25) is 4.79 Å². The maximum Gasteiger partial charge on any atom is 0.243 e. The second kappa shape index (κ2) is 7.38. The molecule has 2 aliphatic rings. The number of nitrogens with zero attached hydrogens (tertiary/aromatic N) is 1. The SMILES string of the molecule is Cl.O=C(Nc1nc2c(s1)CCCCCC2)C1CCCN1. The van der Waals surface area contributed by atoms with Crippen LogP contribution in [0.25, 0.3) is 0 Å². The summed E-state index contributed by atoms with van der Waals surface area (Å²) in [4.78, 5) is 18.1. The molecule has 1 aromatic heterocycles. The summed E-state index contributed by atoms with van der Waals surface area (Å²) >= 11 is 1.67. The highest BCUT2D eigenvalue weighted by molar-refractivity contribution is 7.15. The molecule has 1 unspecified atom stereocenters. The van der Waals surface area contributed by atoms with Gasteiger partial charge in [-0.05, 0) is 45.1 Å². The first-order valence-electron chi connectivity index (χ1n) is 7.36. The van der Waals surface area contributed by atoms with Gasteiger partial charge in [0.2, 0.25) is 5.91 Å². The van der Waals surface area contributed by atoms with E-state index in [0.717, 1.165) is 37.4 Å². The van der Waals surface area contributed by atoms with Gasteiger partial charge in [0, 0.05) is 4.88 Å². The lowest BCUT2D eigenvalue weighted by molar-refractivity contribution is -0.117. The number of nitrogens with one attached hydrogen (secondary N) is 2. The number of aromatic nitrogens is 1. The van der Waals surface area contributed by atoms with Crippen molar-refractivity contribution in [3.63, 3.8) is 0 Å². The molecule has 1 aliphatic heterocycles. The summed E-state index contributed by atoms with van der Waals surface area (Å²) in [6.45, 7) is 0.951. The number of anilines is 1. The topological polar surface area (TPSA) is 54.0 Å². The first kappa shape index (κ1) is 15.7. The predicted octanol–water partition coefficient (Wildman–Crippen LogP) is 2.91. The van der Waals surface area contributed by atoms with Crippen LogP contribution in [0.5, 0.6) is 0 Å². The Balaban J connectivity index is 0.00000147. The minimum atomic E-state index is -0.0218. The summed E-state index contributed by atoms with van der Waals surface area (Å²) in [5.74, 6) is 0.0826. The van der Waals surface area contributed by atoms with Gasteiger partial charge in [0.1, 0.15) is 0 Å². The van der Waals surface area contributed by atoms with E-state index in [-0.39, 0.29) is 24.4 Å². The molecule has 2 heterocycles. The molecule has 2 N–H and O–H groups in total. The number of carbonyl (C=O) groups is 1. The van der Waals surface area contributed by atoms with Gasteiger partial charge < -0.3 is 10.6 Å². The Morgan fingerprint density at radius 1 is 1.20 bits per heavy atom. The van der Waals surface area contributed by atoms with Gasteiger partial charge in [-0.25, -0.2) is 4.98 Å². The van der Waals surface area contributed by atoms with E-state index in [0.29, 0.717) is 0 Å². The summed E-state index contributed by atoms with van der Waals surface area (Å²) in [5.41, 5.74) is 1.22. The van der Waals surface area contributed by atoms with Gasteiger partial charge in [0.05, 0.1) is 11.7 Å². The van der Waals surface area contributed by atoms with Crippen LogP contribution in [0.2, 0.25) is 0 Å². The first-order valence-corrected chi connectivity index (χ1v) is 8.17. The Kier molecular flexibility index (Phi) is 5.81. The molecule has 1 aromatic rings. The summed E-state index contributed by atoms with van der Waals surface area (Å²) in [5, 5.41) is 7.01. The zero-order valence-corrected chi connectivity index (χ0v) is 13.2.